The Morgan fingerprint density at radius 2 is 1.58 bits per heavy atom. The number of nitro groups is 1. The molecule has 0 aromatic heterocycles. The van der Waals surface area contributed by atoms with Crippen LogP contribution in [0.25, 0.3) is 0 Å². The van der Waals surface area contributed by atoms with Crippen molar-refractivity contribution in [2.75, 3.05) is 12.9 Å². The minimum atomic E-state index is -0.650. The number of methoxy groups -OCH3 is 1. The maximum absolute atomic E-state index is 11.6. The number of nitrogens with zero attached hydrogens (tertiary/aromatic N) is 1. The fraction of sp³-hybridized carbons (Fsp3) is 0.368. The van der Waals surface area contributed by atoms with Crippen LogP contribution in [-0.2, 0) is 0 Å². The van der Waals surface area contributed by atoms with Gasteiger partial charge in [-0.3, -0.25) is 10.1 Å². The summed E-state index contributed by atoms with van der Waals surface area (Å²) in [5.74, 6) is 1.49. The Morgan fingerprint density at radius 1 is 1.04 bits per heavy atom. The Labute approximate surface area is 147 Å². The van der Waals surface area contributed by atoms with Gasteiger partial charge in [-0.25, -0.2) is 0 Å². The first-order valence-electron chi connectivity index (χ1n) is 8.10. The van der Waals surface area contributed by atoms with Crippen LogP contribution in [0.2, 0.25) is 0 Å². The third-order valence-electron chi connectivity index (χ3n) is 4.10. The van der Waals surface area contributed by atoms with Crippen LogP contribution in [0.3, 0.4) is 0 Å². The molecule has 0 aliphatic heterocycles. The number of thioether (sulfide) groups is 1. The molecule has 0 heterocycles. The minimum Gasteiger partial charge on any atom is -0.497 e. The van der Waals surface area contributed by atoms with Gasteiger partial charge in [0.15, 0.2) is 0 Å². The van der Waals surface area contributed by atoms with Crippen molar-refractivity contribution in [3.05, 3.63) is 69.8 Å². The van der Waals surface area contributed by atoms with E-state index in [1.807, 2.05) is 55.5 Å². The summed E-state index contributed by atoms with van der Waals surface area (Å²) < 4.78 is 5.19. The second-order valence-corrected chi connectivity index (χ2v) is 6.85. The lowest BCUT2D eigenvalue weighted by molar-refractivity contribution is -0.525. The van der Waals surface area contributed by atoms with Gasteiger partial charge in [0.25, 0.3) is 0 Å². The van der Waals surface area contributed by atoms with Crippen molar-refractivity contribution < 1.29 is 9.66 Å². The molecule has 0 amide bonds. The summed E-state index contributed by atoms with van der Waals surface area (Å²) in [6, 6.07) is 15.0. The summed E-state index contributed by atoms with van der Waals surface area (Å²) >= 11 is 1.77. The maximum atomic E-state index is 11.6. The molecule has 0 saturated heterocycles. The van der Waals surface area contributed by atoms with E-state index in [-0.39, 0.29) is 10.8 Å². The first-order chi connectivity index (χ1) is 11.6. The lowest BCUT2D eigenvalue weighted by Crippen LogP contribution is -2.27. The zero-order chi connectivity index (χ0) is 17.5. The Balaban J connectivity index is 2.43. The van der Waals surface area contributed by atoms with E-state index in [2.05, 4.69) is 6.92 Å². The molecule has 0 aliphatic carbocycles. The van der Waals surface area contributed by atoms with Crippen LogP contribution in [0.4, 0.5) is 0 Å². The summed E-state index contributed by atoms with van der Waals surface area (Å²) in [7, 11) is 1.61. The molecule has 0 radical (unpaired) electrons. The monoisotopic (exact) mass is 345 g/mol. The number of hydrogen-bond acceptors (Lipinski definition) is 4. The predicted octanol–water partition coefficient (Wildman–Crippen LogP) is 4.99. The van der Waals surface area contributed by atoms with Gasteiger partial charge in [-0.1, -0.05) is 38.1 Å². The number of rotatable bonds is 8. The van der Waals surface area contributed by atoms with E-state index in [4.69, 9.17) is 4.74 Å². The summed E-state index contributed by atoms with van der Waals surface area (Å²) in [5, 5.41) is 11.6. The summed E-state index contributed by atoms with van der Waals surface area (Å²) in [6.45, 7) is 3.98. The lowest BCUT2D eigenvalue weighted by Gasteiger charge is -2.21. The van der Waals surface area contributed by atoms with Gasteiger partial charge in [-0.2, -0.15) is 0 Å². The fourth-order valence-electron chi connectivity index (χ4n) is 2.89. The van der Waals surface area contributed by atoms with Crippen LogP contribution in [-0.4, -0.2) is 23.8 Å². The SMILES string of the molecule is CCSc1ccc(C(c2ccc(OC)cc2)C(CC)[N+](=O)[O-])cc1. The Kier molecular flexibility index (Phi) is 6.67. The molecule has 0 aliphatic rings. The average Bonchev–Trinajstić information content (AvgIpc) is 2.60. The predicted molar refractivity (Wildman–Crippen MR) is 98.8 cm³/mol. The molecule has 2 aromatic carbocycles. The van der Waals surface area contributed by atoms with Crippen LogP contribution in [0, 0.1) is 10.1 Å². The van der Waals surface area contributed by atoms with Crippen molar-refractivity contribution in [2.45, 2.75) is 37.1 Å². The Bertz CT molecular complexity index is 655. The third-order valence-corrected chi connectivity index (χ3v) is 4.99. The molecule has 0 saturated carbocycles. The van der Waals surface area contributed by atoms with Gasteiger partial charge in [0, 0.05) is 16.2 Å². The molecule has 0 N–H and O–H groups in total. The summed E-state index contributed by atoms with van der Waals surface area (Å²) in [5.41, 5.74) is 1.92. The third kappa shape index (κ3) is 4.29. The van der Waals surface area contributed by atoms with Gasteiger partial charge in [0.05, 0.1) is 13.0 Å². The lowest BCUT2D eigenvalue weighted by atomic mass is 9.84. The van der Waals surface area contributed by atoms with Crippen molar-refractivity contribution in [1.29, 1.82) is 0 Å². The van der Waals surface area contributed by atoms with Crippen LogP contribution in [0.1, 0.15) is 37.3 Å². The van der Waals surface area contributed by atoms with Gasteiger partial charge in [0.2, 0.25) is 6.04 Å². The van der Waals surface area contributed by atoms with E-state index in [9.17, 15) is 10.1 Å². The highest BCUT2D eigenvalue weighted by Gasteiger charge is 2.32. The second-order valence-electron chi connectivity index (χ2n) is 5.51. The molecule has 2 atom stereocenters. The maximum Gasteiger partial charge on any atom is 0.223 e. The molecule has 2 unspecified atom stereocenters. The van der Waals surface area contributed by atoms with Crippen molar-refractivity contribution >= 4 is 11.8 Å². The minimum absolute atomic E-state index is 0.163. The molecule has 2 aromatic rings. The largest absolute Gasteiger partial charge is 0.497 e. The topological polar surface area (TPSA) is 52.4 Å². The van der Waals surface area contributed by atoms with E-state index in [1.165, 1.54) is 4.90 Å². The van der Waals surface area contributed by atoms with Gasteiger partial charge < -0.3 is 4.74 Å². The zero-order valence-corrected chi connectivity index (χ0v) is 15.1. The highest BCUT2D eigenvalue weighted by molar-refractivity contribution is 7.99. The average molecular weight is 345 g/mol. The van der Waals surface area contributed by atoms with E-state index in [0.717, 1.165) is 22.6 Å². The summed E-state index contributed by atoms with van der Waals surface area (Å²) in [6.07, 6.45) is 0.481. The van der Waals surface area contributed by atoms with E-state index >= 15 is 0 Å². The van der Waals surface area contributed by atoms with Gasteiger partial charge in [0.1, 0.15) is 5.75 Å². The Hall–Kier alpha value is -2.01. The highest BCUT2D eigenvalue weighted by atomic mass is 32.2. The molecule has 5 heteroatoms. The van der Waals surface area contributed by atoms with Crippen molar-refractivity contribution in [3.8, 4) is 5.75 Å². The number of hydrogen-bond donors (Lipinski definition) is 0. The van der Waals surface area contributed by atoms with Gasteiger partial charge in [-0.15, -0.1) is 11.8 Å². The Morgan fingerprint density at radius 3 is 2.00 bits per heavy atom. The van der Waals surface area contributed by atoms with Gasteiger partial charge in [-0.05, 0) is 41.1 Å². The van der Waals surface area contributed by atoms with Crippen LogP contribution >= 0.6 is 11.8 Å². The molecule has 0 bridgehead atoms. The zero-order valence-electron chi connectivity index (χ0n) is 14.3. The van der Waals surface area contributed by atoms with E-state index < -0.39 is 6.04 Å². The first-order valence-corrected chi connectivity index (χ1v) is 9.09. The number of benzene rings is 2. The fourth-order valence-corrected chi connectivity index (χ4v) is 3.55. The standard InChI is InChI=1S/C19H23NO3S/c1-4-18(20(21)22)19(14-6-10-16(23-3)11-7-14)15-8-12-17(13-9-15)24-5-2/h6-13,18-19H,4-5H2,1-3H3. The molecule has 2 rings (SSSR count). The molecule has 0 spiro atoms. The smallest absolute Gasteiger partial charge is 0.223 e. The van der Waals surface area contributed by atoms with E-state index in [0.29, 0.717) is 6.42 Å². The molecular weight excluding hydrogens is 322 g/mol. The van der Waals surface area contributed by atoms with Crippen LogP contribution in [0.5, 0.6) is 5.75 Å². The highest BCUT2D eigenvalue weighted by Crippen LogP contribution is 2.33. The number of ether oxygens (including phenoxy) is 1. The van der Waals surface area contributed by atoms with Crippen molar-refractivity contribution in [2.24, 2.45) is 0 Å². The van der Waals surface area contributed by atoms with Crippen LogP contribution < -0.4 is 4.74 Å². The van der Waals surface area contributed by atoms with Crippen LogP contribution in [0.15, 0.2) is 53.4 Å². The first kappa shape index (κ1) is 18.3. The van der Waals surface area contributed by atoms with Crippen molar-refractivity contribution in [3.63, 3.8) is 0 Å². The molecule has 128 valence electrons. The molecule has 24 heavy (non-hydrogen) atoms. The summed E-state index contributed by atoms with van der Waals surface area (Å²) in [4.78, 5) is 12.6. The van der Waals surface area contributed by atoms with Gasteiger partial charge >= 0.3 is 0 Å². The van der Waals surface area contributed by atoms with Crippen molar-refractivity contribution in [1.82, 2.24) is 0 Å². The normalized spacial score (nSPS) is 13.3. The quantitative estimate of drug-likeness (QED) is 0.384. The molecule has 0 fully saturated rings. The van der Waals surface area contributed by atoms with E-state index in [1.54, 1.807) is 18.9 Å². The second kappa shape index (κ2) is 8.73. The molecule has 4 nitrogen and oxygen atoms in total. The molecular formula is C19H23NO3S.